The Bertz CT molecular complexity index is 511. The number of carbonyl (C=O) groups is 2. The molecular weight excluding hydrogens is 330 g/mol. The van der Waals surface area contributed by atoms with Gasteiger partial charge in [-0.3, -0.25) is 9.59 Å². The van der Waals surface area contributed by atoms with E-state index in [-0.39, 0.29) is 25.0 Å². The van der Waals surface area contributed by atoms with Gasteiger partial charge in [0.05, 0.1) is 26.2 Å². The van der Waals surface area contributed by atoms with Gasteiger partial charge in [-0.2, -0.15) is 0 Å². The van der Waals surface area contributed by atoms with E-state index in [1.54, 1.807) is 23.1 Å². The molecule has 0 saturated heterocycles. The number of aliphatic hydroxyl groups is 1. The standard InChI is InChI=1S/C21H35NO4/c1-6-16(8-7-9-20(25)26-5)19(24)14-22(15-23)18-12-10-17(11-13-18)21(2,3)4/h6-8,15,17-19,24H,9-14H2,1-5H3/b8-7-,16-6+. The lowest BCUT2D eigenvalue weighted by Crippen LogP contribution is -2.43. The Morgan fingerprint density at radius 3 is 2.35 bits per heavy atom. The summed E-state index contributed by atoms with van der Waals surface area (Å²) < 4.78 is 4.59. The molecule has 1 aliphatic carbocycles. The third-order valence-corrected chi connectivity index (χ3v) is 5.45. The first kappa shape index (κ1) is 22.4. The number of aliphatic hydroxyl groups excluding tert-OH is 1. The van der Waals surface area contributed by atoms with E-state index in [2.05, 4.69) is 25.5 Å². The third kappa shape index (κ3) is 6.94. The van der Waals surface area contributed by atoms with Gasteiger partial charge < -0.3 is 14.7 Å². The second kappa shape index (κ2) is 10.5. The first-order valence-electron chi connectivity index (χ1n) is 9.51. The van der Waals surface area contributed by atoms with Gasteiger partial charge in [-0.1, -0.05) is 39.0 Å². The molecule has 0 aromatic heterocycles. The van der Waals surface area contributed by atoms with Gasteiger partial charge in [0.25, 0.3) is 0 Å². The number of esters is 1. The molecule has 1 rings (SSSR count). The summed E-state index contributed by atoms with van der Waals surface area (Å²) >= 11 is 0. The Labute approximate surface area is 158 Å². The van der Waals surface area contributed by atoms with Gasteiger partial charge >= 0.3 is 5.97 Å². The molecule has 1 fully saturated rings. The third-order valence-electron chi connectivity index (χ3n) is 5.45. The molecular formula is C21H35NO4. The molecule has 1 amide bonds. The maximum absolute atomic E-state index is 11.6. The summed E-state index contributed by atoms with van der Waals surface area (Å²) in [5.41, 5.74) is 1.00. The van der Waals surface area contributed by atoms with Crippen LogP contribution < -0.4 is 0 Å². The summed E-state index contributed by atoms with van der Waals surface area (Å²) in [6, 6.07) is 0.193. The summed E-state index contributed by atoms with van der Waals surface area (Å²) in [5.74, 6) is 0.362. The smallest absolute Gasteiger partial charge is 0.309 e. The summed E-state index contributed by atoms with van der Waals surface area (Å²) in [6.45, 7) is 8.94. The minimum Gasteiger partial charge on any atom is -0.469 e. The van der Waals surface area contributed by atoms with Crippen molar-refractivity contribution in [1.82, 2.24) is 4.90 Å². The lowest BCUT2D eigenvalue weighted by atomic mass is 9.71. The Kier molecular flexibility index (Phi) is 9.06. The number of nitrogens with zero attached hydrogens (tertiary/aromatic N) is 1. The van der Waals surface area contributed by atoms with Crippen molar-refractivity contribution in [2.45, 2.75) is 71.9 Å². The zero-order valence-electron chi connectivity index (χ0n) is 16.9. The molecule has 0 aromatic rings. The molecule has 0 aromatic carbocycles. The van der Waals surface area contributed by atoms with Crippen LogP contribution in [0.1, 0.15) is 59.8 Å². The SMILES string of the molecule is C/C=C(\C=C/CC(=O)OC)C(O)CN(C=O)C1CCC(C(C)(C)C)CC1. The number of rotatable bonds is 8. The number of amides is 1. The maximum atomic E-state index is 11.6. The molecule has 148 valence electrons. The van der Waals surface area contributed by atoms with Crippen molar-refractivity contribution in [3.63, 3.8) is 0 Å². The second-order valence-electron chi connectivity index (χ2n) is 8.16. The number of carbonyl (C=O) groups excluding carboxylic acids is 2. The topological polar surface area (TPSA) is 66.8 Å². The molecule has 0 radical (unpaired) electrons. The van der Waals surface area contributed by atoms with Gasteiger partial charge in [-0.15, -0.1) is 0 Å². The predicted octanol–water partition coefficient (Wildman–Crippen LogP) is 3.48. The van der Waals surface area contributed by atoms with Crippen molar-refractivity contribution in [3.05, 3.63) is 23.8 Å². The van der Waals surface area contributed by atoms with E-state index in [1.165, 1.54) is 7.11 Å². The van der Waals surface area contributed by atoms with Crippen LogP contribution in [-0.4, -0.2) is 48.2 Å². The van der Waals surface area contributed by atoms with E-state index >= 15 is 0 Å². The maximum Gasteiger partial charge on any atom is 0.309 e. The van der Waals surface area contributed by atoms with Crippen LogP contribution in [0.4, 0.5) is 0 Å². The molecule has 1 N–H and O–H groups in total. The highest BCUT2D eigenvalue weighted by Gasteiger charge is 2.32. The quantitative estimate of drug-likeness (QED) is 0.406. The molecule has 0 spiro atoms. The summed E-state index contributed by atoms with van der Waals surface area (Å²) in [6.07, 6.45) is 9.65. The lowest BCUT2D eigenvalue weighted by molar-refractivity contribution is -0.139. The molecule has 5 nitrogen and oxygen atoms in total. The average Bonchev–Trinajstić information content (AvgIpc) is 2.62. The highest BCUT2D eigenvalue weighted by Crippen LogP contribution is 2.38. The predicted molar refractivity (Wildman–Crippen MR) is 104 cm³/mol. The molecule has 1 aliphatic rings. The molecule has 5 heteroatoms. The van der Waals surface area contributed by atoms with E-state index in [0.717, 1.165) is 32.1 Å². The molecule has 0 aliphatic heterocycles. The number of hydrogen-bond donors (Lipinski definition) is 1. The van der Waals surface area contributed by atoms with Crippen LogP contribution in [0.5, 0.6) is 0 Å². The highest BCUT2D eigenvalue weighted by atomic mass is 16.5. The first-order valence-corrected chi connectivity index (χ1v) is 9.51. The van der Waals surface area contributed by atoms with Crippen LogP contribution in [0.3, 0.4) is 0 Å². The highest BCUT2D eigenvalue weighted by molar-refractivity contribution is 5.71. The number of ether oxygens (including phenoxy) is 1. The number of methoxy groups -OCH3 is 1. The molecule has 1 saturated carbocycles. The molecule has 0 bridgehead atoms. The molecule has 0 heterocycles. The van der Waals surface area contributed by atoms with Gasteiger partial charge in [-0.05, 0) is 49.5 Å². The van der Waals surface area contributed by atoms with Crippen molar-refractivity contribution in [1.29, 1.82) is 0 Å². The molecule has 1 unspecified atom stereocenters. The van der Waals surface area contributed by atoms with E-state index < -0.39 is 6.10 Å². The van der Waals surface area contributed by atoms with Crippen molar-refractivity contribution in [3.8, 4) is 0 Å². The van der Waals surface area contributed by atoms with Crippen LogP contribution in [0.2, 0.25) is 0 Å². The van der Waals surface area contributed by atoms with Crippen molar-refractivity contribution < 1.29 is 19.4 Å². The Morgan fingerprint density at radius 1 is 1.27 bits per heavy atom. The normalized spacial score (nSPS) is 22.9. The van der Waals surface area contributed by atoms with Gasteiger partial charge in [0.15, 0.2) is 0 Å². The van der Waals surface area contributed by atoms with Crippen LogP contribution in [0.15, 0.2) is 23.8 Å². The minimum absolute atomic E-state index is 0.161. The van der Waals surface area contributed by atoms with Crippen LogP contribution in [0, 0.1) is 11.3 Å². The monoisotopic (exact) mass is 365 g/mol. The Hall–Kier alpha value is -1.62. The fraction of sp³-hybridized carbons (Fsp3) is 0.714. The van der Waals surface area contributed by atoms with Gasteiger partial charge in [0, 0.05) is 6.04 Å². The lowest BCUT2D eigenvalue weighted by Gasteiger charge is -2.40. The summed E-state index contributed by atoms with van der Waals surface area (Å²) in [7, 11) is 1.35. The fourth-order valence-corrected chi connectivity index (χ4v) is 3.63. The van der Waals surface area contributed by atoms with E-state index in [9.17, 15) is 14.7 Å². The van der Waals surface area contributed by atoms with E-state index in [0.29, 0.717) is 16.9 Å². The van der Waals surface area contributed by atoms with Gasteiger partial charge in [0.1, 0.15) is 0 Å². The molecule has 26 heavy (non-hydrogen) atoms. The largest absolute Gasteiger partial charge is 0.469 e. The van der Waals surface area contributed by atoms with Crippen LogP contribution in [-0.2, 0) is 14.3 Å². The zero-order valence-corrected chi connectivity index (χ0v) is 16.9. The van der Waals surface area contributed by atoms with E-state index in [1.807, 2.05) is 6.92 Å². The Morgan fingerprint density at radius 2 is 1.88 bits per heavy atom. The van der Waals surface area contributed by atoms with Crippen LogP contribution in [0.25, 0.3) is 0 Å². The van der Waals surface area contributed by atoms with Gasteiger partial charge in [0.2, 0.25) is 6.41 Å². The van der Waals surface area contributed by atoms with E-state index in [4.69, 9.17) is 0 Å². The molecule has 1 atom stereocenters. The van der Waals surface area contributed by atoms with Crippen molar-refractivity contribution in [2.24, 2.45) is 11.3 Å². The summed E-state index contributed by atoms with van der Waals surface area (Å²) in [5, 5.41) is 10.5. The van der Waals surface area contributed by atoms with Gasteiger partial charge in [-0.25, -0.2) is 0 Å². The Balaban J connectivity index is 2.61. The summed E-state index contributed by atoms with van der Waals surface area (Å²) in [4.78, 5) is 24.5. The average molecular weight is 366 g/mol. The number of hydrogen-bond acceptors (Lipinski definition) is 4. The van der Waals surface area contributed by atoms with Crippen LogP contribution >= 0.6 is 0 Å². The first-order chi connectivity index (χ1) is 12.2. The second-order valence-corrected chi connectivity index (χ2v) is 8.16. The van der Waals surface area contributed by atoms with Crippen molar-refractivity contribution in [2.75, 3.05) is 13.7 Å². The minimum atomic E-state index is -0.764. The fourth-order valence-electron chi connectivity index (χ4n) is 3.63. The zero-order chi connectivity index (χ0) is 19.7. The number of allylic oxidation sites excluding steroid dienone is 1. The van der Waals surface area contributed by atoms with Crippen molar-refractivity contribution >= 4 is 12.4 Å².